The van der Waals surface area contributed by atoms with Crippen molar-refractivity contribution in [3.63, 3.8) is 0 Å². The van der Waals surface area contributed by atoms with Gasteiger partial charge in [0.05, 0.1) is 16.7 Å². The second kappa shape index (κ2) is 8.03. The summed E-state index contributed by atoms with van der Waals surface area (Å²) in [5.41, 5.74) is 0. The van der Waals surface area contributed by atoms with Crippen LogP contribution in [0.1, 0.15) is 17.7 Å². The van der Waals surface area contributed by atoms with Gasteiger partial charge in [-0.15, -0.1) is 11.3 Å². The number of hydrogen-bond acceptors (Lipinski definition) is 7. The third-order valence-electron chi connectivity index (χ3n) is 3.75. The topological polar surface area (TPSA) is 83.6 Å². The van der Waals surface area contributed by atoms with Gasteiger partial charge in [0.25, 0.3) is 5.91 Å². The van der Waals surface area contributed by atoms with Gasteiger partial charge in [0.2, 0.25) is 5.91 Å². The molecular formula is C16H16N2O4S4. The Balaban J connectivity index is 1.47. The van der Waals surface area contributed by atoms with Crippen LogP contribution in [0.3, 0.4) is 0 Å². The first-order chi connectivity index (χ1) is 12.3. The van der Waals surface area contributed by atoms with E-state index in [-0.39, 0.29) is 24.0 Å². The first-order valence-electron chi connectivity index (χ1n) is 7.83. The van der Waals surface area contributed by atoms with Crippen LogP contribution < -0.4 is 5.32 Å². The molecule has 1 unspecified atom stereocenters. The standard InChI is InChI=1S/C16H16N2O4S4/c19-14(17-11-5-8-26(21,22)10-11)4-1-6-18-15(20)13(25-16(18)23)9-12-3-2-7-24-12/h2-3,5,7-9,11H,1,4,6,10H2,(H,17,19). The molecule has 3 rings (SSSR count). The van der Waals surface area contributed by atoms with Gasteiger partial charge in [-0.05, 0) is 30.0 Å². The number of thiophene rings is 1. The lowest BCUT2D eigenvalue weighted by Crippen LogP contribution is -2.36. The molecule has 1 atom stereocenters. The number of nitrogens with one attached hydrogen (secondary N) is 1. The molecule has 0 spiro atoms. The van der Waals surface area contributed by atoms with E-state index in [0.29, 0.717) is 22.2 Å². The number of rotatable bonds is 6. The fourth-order valence-electron chi connectivity index (χ4n) is 2.54. The molecule has 26 heavy (non-hydrogen) atoms. The molecule has 0 aliphatic carbocycles. The highest BCUT2D eigenvalue weighted by Crippen LogP contribution is 2.33. The second-order valence-corrected chi connectivity index (χ2v) is 10.4. The van der Waals surface area contributed by atoms with E-state index in [4.69, 9.17) is 12.2 Å². The van der Waals surface area contributed by atoms with Crippen molar-refractivity contribution in [3.05, 3.63) is 38.8 Å². The molecule has 1 aromatic rings. The van der Waals surface area contributed by atoms with Crippen molar-refractivity contribution in [2.75, 3.05) is 12.3 Å². The molecular weight excluding hydrogens is 412 g/mol. The molecule has 1 aromatic heterocycles. The predicted molar refractivity (Wildman–Crippen MR) is 108 cm³/mol. The van der Waals surface area contributed by atoms with Crippen molar-refractivity contribution in [3.8, 4) is 0 Å². The zero-order valence-electron chi connectivity index (χ0n) is 13.6. The van der Waals surface area contributed by atoms with E-state index < -0.39 is 15.9 Å². The summed E-state index contributed by atoms with van der Waals surface area (Å²) in [4.78, 5) is 27.5. The van der Waals surface area contributed by atoms with Crippen molar-refractivity contribution in [1.29, 1.82) is 0 Å². The van der Waals surface area contributed by atoms with E-state index in [1.165, 1.54) is 22.7 Å². The maximum absolute atomic E-state index is 12.4. The first kappa shape index (κ1) is 19.3. The van der Waals surface area contributed by atoms with Gasteiger partial charge in [-0.3, -0.25) is 14.5 Å². The van der Waals surface area contributed by atoms with Crippen LogP contribution >= 0.6 is 35.3 Å². The lowest BCUT2D eigenvalue weighted by Gasteiger charge is -2.15. The molecule has 1 N–H and O–H groups in total. The zero-order valence-corrected chi connectivity index (χ0v) is 16.8. The van der Waals surface area contributed by atoms with Gasteiger partial charge in [-0.1, -0.05) is 30.0 Å². The molecule has 1 saturated heterocycles. The largest absolute Gasteiger partial charge is 0.349 e. The van der Waals surface area contributed by atoms with Crippen LogP contribution in [0, 0.1) is 0 Å². The molecule has 138 valence electrons. The Kier molecular flexibility index (Phi) is 5.96. The first-order valence-corrected chi connectivity index (χ1v) is 11.7. The van der Waals surface area contributed by atoms with Crippen LogP contribution in [0.25, 0.3) is 6.08 Å². The van der Waals surface area contributed by atoms with Gasteiger partial charge in [0.15, 0.2) is 9.84 Å². The van der Waals surface area contributed by atoms with Crippen molar-refractivity contribution in [2.45, 2.75) is 18.9 Å². The van der Waals surface area contributed by atoms with Crippen molar-refractivity contribution in [1.82, 2.24) is 10.2 Å². The normalized spacial score (nSPS) is 23.2. The summed E-state index contributed by atoms with van der Waals surface area (Å²) < 4.78 is 23.1. The Labute approximate surface area is 165 Å². The van der Waals surface area contributed by atoms with Crippen molar-refractivity contribution in [2.24, 2.45) is 0 Å². The van der Waals surface area contributed by atoms with Gasteiger partial charge in [0.1, 0.15) is 4.32 Å². The summed E-state index contributed by atoms with van der Waals surface area (Å²) in [6, 6.07) is 3.37. The highest BCUT2D eigenvalue weighted by molar-refractivity contribution is 8.26. The number of carbonyl (C=O) groups is 2. The summed E-state index contributed by atoms with van der Waals surface area (Å²) in [7, 11) is -3.19. The van der Waals surface area contributed by atoms with Crippen molar-refractivity contribution >= 4 is 67.4 Å². The van der Waals surface area contributed by atoms with Crippen LogP contribution in [-0.2, 0) is 19.4 Å². The Hall–Kier alpha value is -1.49. The number of thiocarbonyl (C=S) groups is 1. The number of amides is 2. The fourth-order valence-corrected chi connectivity index (χ4v) is 5.80. The average molecular weight is 429 g/mol. The molecule has 3 heterocycles. The van der Waals surface area contributed by atoms with Crippen LogP contribution in [0.15, 0.2) is 33.9 Å². The number of nitrogens with zero attached hydrogens (tertiary/aromatic N) is 1. The van der Waals surface area contributed by atoms with Gasteiger partial charge in [0, 0.05) is 23.3 Å². The summed E-state index contributed by atoms with van der Waals surface area (Å²) in [6.45, 7) is 0.360. The SMILES string of the molecule is O=C(CCCN1C(=O)C(=Cc2cccs2)SC1=S)NC1C=CS(=O)(=O)C1. The monoisotopic (exact) mass is 428 g/mol. The Morgan fingerprint density at radius 2 is 2.27 bits per heavy atom. The molecule has 2 amide bonds. The van der Waals surface area contributed by atoms with Crippen LogP contribution in [0.2, 0.25) is 0 Å². The molecule has 0 radical (unpaired) electrons. The molecule has 0 bridgehead atoms. The number of thioether (sulfide) groups is 1. The van der Waals surface area contributed by atoms with Crippen LogP contribution in [0.4, 0.5) is 0 Å². The molecule has 2 aliphatic rings. The van der Waals surface area contributed by atoms with Crippen LogP contribution in [-0.4, -0.2) is 47.8 Å². The van der Waals surface area contributed by atoms with E-state index in [0.717, 1.165) is 10.3 Å². The van der Waals surface area contributed by atoms with Gasteiger partial charge < -0.3 is 5.32 Å². The van der Waals surface area contributed by atoms with E-state index in [9.17, 15) is 18.0 Å². The lowest BCUT2D eigenvalue weighted by molar-refractivity contribution is -0.124. The summed E-state index contributed by atoms with van der Waals surface area (Å²) in [5, 5.41) is 5.73. The Morgan fingerprint density at radius 3 is 2.92 bits per heavy atom. The van der Waals surface area contributed by atoms with E-state index >= 15 is 0 Å². The summed E-state index contributed by atoms with van der Waals surface area (Å²) >= 11 is 8.07. The van der Waals surface area contributed by atoms with E-state index in [1.54, 1.807) is 11.3 Å². The molecule has 1 fully saturated rings. The quantitative estimate of drug-likeness (QED) is 0.552. The van der Waals surface area contributed by atoms with Gasteiger partial charge in [-0.2, -0.15) is 0 Å². The highest BCUT2D eigenvalue weighted by atomic mass is 32.2. The second-order valence-electron chi connectivity index (χ2n) is 5.78. The minimum absolute atomic E-state index is 0.0963. The predicted octanol–water partition coefficient (Wildman–Crippen LogP) is 2.16. The number of carbonyl (C=O) groups excluding carboxylic acids is 2. The molecule has 10 heteroatoms. The minimum atomic E-state index is -3.19. The number of hydrogen-bond donors (Lipinski definition) is 1. The average Bonchev–Trinajstić information content (AvgIpc) is 3.25. The lowest BCUT2D eigenvalue weighted by atomic mass is 10.2. The van der Waals surface area contributed by atoms with E-state index in [2.05, 4.69) is 5.32 Å². The summed E-state index contributed by atoms with van der Waals surface area (Å²) in [6.07, 6.45) is 3.95. The van der Waals surface area contributed by atoms with Gasteiger partial charge in [-0.25, -0.2) is 8.42 Å². The Morgan fingerprint density at radius 1 is 1.46 bits per heavy atom. The third-order valence-corrected chi connectivity index (χ3v) is 7.34. The molecule has 2 aliphatic heterocycles. The fraction of sp³-hybridized carbons (Fsp3) is 0.312. The summed E-state index contributed by atoms with van der Waals surface area (Å²) in [5.74, 6) is -0.476. The smallest absolute Gasteiger partial charge is 0.266 e. The number of sulfone groups is 1. The van der Waals surface area contributed by atoms with Gasteiger partial charge >= 0.3 is 0 Å². The molecule has 0 aromatic carbocycles. The Bertz CT molecular complexity index is 887. The zero-order chi connectivity index (χ0) is 18.7. The minimum Gasteiger partial charge on any atom is -0.349 e. The highest BCUT2D eigenvalue weighted by Gasteiger charge is 2.31. The van der Waals surface area contributed by atoms with Crippen molar-refractivity contribution < 1.29 is 18.0 Å². The maximum atomic E-state index is 12.4. The van der Waals surface area contributed by atoms with Crippen LogP contribution in [0.5, 0.6) is 0 Å². The van der Waals surface area contributed by atoms with E-state index in [1.807, 2.05) is 23.6 Å². The molecule has 6 nitrogen and oxygen atoms in total. The maximum Gasteiger partial charge on any atom is 0.266 e. The molecule has 0 saturated carbocycles. The third kappa shape index (κ3) is 4.81.